The molecule has 0 aliphatic heterocycles. The average Bonchev–Trinajstić information content (AvgIpc) is 3.35. The molecule has 2 rings (SSSR count). The predicted octanol–water partition coefficient (Wildman–Crippen LogP) is 1.85. The lowest BCUT2D eigenvalue weighted by Crippen LogP contribution is -2.35. The van der Waals surface area contributed by atoms with E-state index in [0.29, 0.717) is 0 Å². The van der Waals surface area contributed by atoms with Gasteiger partial charge in [-0.2, -0.15) is 0 Å². The third kappa shape index (κ3) is 5.69. The van der Waals surface area contributed by atoms with Gasteiger partial charge >= 0.3 is 5.97 Å². The van der Waals surface area contributed by atoms with E-state index in [1.807, 2.05) is 13.8 Å². The van der Waals surface area contributed by atoms with E-state index in [1.54, 1.807) is 0 Å². The highest BCUT2D eigenvalue weighted by atomic mass is 35.5. The van der Waals surface area contributed by atoms with Crippen molar-refractivity contribution in [3.8, 4) is 0 Å². The maximum atomic E-state index is 12.3. The molecule has 0 saturated heterocycles. The van der Waals surface area contributed by atoms with Crippen molar-refractivity contribution < 1.29 is 22.7 Å². The van der Waals surface area contributed by atoms with Crippen LogP contribution in [0.2, 0.25) is 5.02 Å². The van der Waals surface area contributed by atoms with E-state index in [-0.39, 0.29) is 27.6 Å². The molecule has 138 valence electrons. The Balaban J connectivity index is 2.05. The van der Waals surface area contributed by atoms with Crippen LogP contribution in [0.15, 0.2) is 23.1 Å². The molecule has 7 nitrogen and oxygen atoms in total. The van der Waals surface area contributed by atoms with Crippen LogP contribution in [0.3, 0.4) is 0 Å². The summed E-state index contributed by atoms with van der Waals surface area (Å²) in [6.07, 6.45) is 2.32. The van der Waals surface area contributed by atoms with Crippen molar-refractivity contribution in [2.24, 2.45) is 0 Å². The van der Waals surface area contributed by atoms with E-state index in [2.05, 4.69) is 10.0 Å². The van der Waals surface area contributed by atoms with Crippen LogP contribution in [0.4, 0.5) is 0 Å². The molecule has 1 aliphatic rings. The number of carbonyl (C=O) groups excluding carboxylic acids is 2. The minimum atomic E-state index is -3.80. The van der Waals surface area contributed by atoms with Crippen molar-refractivity contribution in [2.45, 2.75) is 50.1 Å². The van der Waals surface area contributed by atoms with Crippen molar-refractivity contribution in [1.82, 2.24) is 10.0 Å². The number of sulfonamides is 1. The summed E-state index contributed by atoms with van der Waals surface area (Å²) in [6.45, 7) is 3.32. The molecule has 1 atom stereocenters. The molecule has 2 N–H and O–H groups in total. The molecular formula is C16H21ClN2O5S. The summed E-state index contributed by atoms with van der Waals surface area (Å²) in [4.78, 5) is 23.5. The number of halogens is 1. The van der Waals surface area contributed by atoms with E-state index >= 15 is 0 Å². The number of amides is 1. The number of hydrogen-bond acceptors (Lipinski definition) is 5. The van der Waals surface area contributed by atoms with Crippen molar-refractivity contribution in [2.75, 3.05) is 6.61 Å². The topological polar surface area (TPSA) is 102 Å². The van der Waals surface area contributed by atoms with Gasteiger partial charge in [-0.15, -0.1) is 0 Å². The lowest BCUT2D eigenvalue weighted by Gasteiger charge is -2.12. The lowest BCUT2D eigenvalue weighted by molar-refractivity contribution is -0.124. The summed E-state index contributed by atoms with van der Waals surface area (Å²) in [5.74, 6) is -1.21. The first kappa shape index (κ1) is 19.7. The zero-order valence-corrected chi connectivity index (χ0v) is 15.6. The maximum Gasteiger partial charge on any atom is 0.338 e. The van der Waals surface area contributed by atoms with Crippen LogP contribution in [0.1, 0.15) is 43.5 Å². The summed E-state index contributed by atoms with van der Waals surface area (Å²) in [5, 5.41) is 2.68. The molecule has 1 amide bonds. The van der Waals surface area contributed by atoms with Crippen LogP contribution < -0.4 is 10.0 Å². The zero-order chi connectivity index (χ0) is 18.6. The zero-order valence-electron chi connectivity index (χ0n) is 14.0. The summed E-state index contributed by atoms with van der Waals surface area (Å²) >= 11 is 5.95. The first-order chi connectivity index (χ1) is 11.7. The number of carbonyl (C=O) groups is 2. The second-order valence-corrected chi connectivity index (χ2v) is 8.08. The van der Waals surface area contributed by atoms with Gasteiger partial charge < -0.3 is 10.1 Å². The first-order valence-corrected chi connectivity index (χ1v) is 9.87. The molecule has 1 aromatic carbocycles. The van der Waals surface area contributed by atoms with Gasteiger partial charge in [0, 0.05) is 12.1 Å². The summed E-state index contributed by atoms with van der Waals surface area (Å²) in [7, 11) is -3.80. The normalized spacial score (nSPS) is 15.5. The monoisotopic (exact) mass is 388 g/mol. The average molecular weight is 389 g/mol. The van der Waals surface area contributed by atoms with Gasteiger partial charge in [0.1, 0.15) is 4.90 Å². The molecule has 25 heavy (non-hydrogen) atoms. The molecule has 0 aromatic heterocycles. The third-order valence-corrected chi connectivity index (χ3v) is 5.71. The van der Waals surface area contributed by atoms with E-state index in [9.17, 15) is 18.0 Å². The van der Waals surface area contributed by atoms with Gasteiger partial charge in [0.15, 0.2) is 6.61 Å². The van der Waals surface area contributed by atoms with Crippen molar-refractivity contribution in [3.63, 3.8) is 0 Å². The third-order valence-electron chi connectivity index (χ3n) is 3.71. The standard InChI is InChI=1S/C16H21ClN2O5S/c1-3-10(2)18-15(20)9-24-16(21)11-4-7-13(17)14(8-11)25(22,23)19-12-5-6-12/h4,7-8,10,12,19H,3,5-6,9H2,1-2H3,(H,18,20)/t10-/m1/s1. The number of esters is 1. The van der Waals surface area contributed by atoms with Gasteiger partial charge in [-0.25, -0.2) is 17.9 Å². The first-order valence-electron chi connectivity index (χ1n) is 8.01. The Morgan fingerprint density at radius 2 is 2.04 bits per heavy atom. The molecule has 1 saturated carbocycles. The molecule has 1 fully saturated rings. The molecule has 0 spiro atoms. The minimum absolute atomic E-state index is 0.0110. The van der Waals surface area contributed by atoms with E-state index in [1.165, 1.54) is 12.1 Å². The van der Waals surface area contributed by atoms with Crippen LogP contribution in [-0.2, 0) is 19.6 Å². The molecule has 0 bridgehead atoms. The van der Waals surface area contributed by atoms with Crippen molar-refractivity contribution in [1.29, 1.82) is 0 Å². The van der Waals surface area contributed by atoms with E-state index < -0.39 is 28.5 Å². The lowest BCUT2D eigenvalue weighted by atomic mass is 10.2. The number of ether oxygens (including phenoxy) is 1. The highest BCUT2D eigenvalue weighted by Crippen LogP contribution is 2.27. The molecule has 0 radical (unpaired) electrons. The molecule has 0 heterocycles. The van der Waals surface area contributed by atoms with Crippen LogP contribution in [-0.4, -0.2) is 39.0 Å². The Hall–Kier alpha value is -1.64. The van der Waals surface area contributed by atoms with E-state index in [0.717, 1.165) is 25.3 Å². The Morgan fingerprint density at radius 3 is 2.64 bits per heavy atom. The molecule has 9 heteroatoms. The van der Waals surface area contributed by atoms with E-state index in [4.69, 9.17) is 16.3 Å². The summed E-state index contributed by atoms with van der Waals surface area (Å²) in [6, 6.07) is 3.72. The van der Waals surface area contributed by atoms with Crippen LogP contribution in [0.5, 0.6) is 0 Å². The molecule has 1 aromatic rings. The van der Waals surface area contributed by atoms with Gasteiger partial charge in [0.2, 0.25) is 10.0 Å². The maximum absolute atomic E-state index is 12.3. The Morgan fingerprint density at radius 1 is 1.36 bits per heavy atom. The van der Waals surface area contributed by atoms with Crippen molar-refractivity contribution in [3.05, 3.63) is 28.8 Å². The fraction of sp³-hybridized carbons (Fsp3) is 0.500. The number of nitrogens with one attached hydrogen (secondary N) is 2. The SMILES string of the molecule is CC[C@@H](C)NC(=O)COC(=O)c1ccc(Cl)c(S(=O)(=O)NC2CC2)c1. The van der Waals surface area contributed by atoms with Crippen LogP contribution in [0.25, 0.3) is 0 Å². The van der Waals surface area contributed by atoms with Gasteiger partial charge in [-0.05, 0) is 44.4 Å². The second kappa shape index (κ2) is 8.16. The minimum Gasteiger partial charge on any atom is -0.452 e. The fourth-order valence-corrected chi connectivity index (χ4v) is 3.78. The van der Waals surface area contributed by atoms with Crippen LogP contribution >= 0.6 is 11.6 Å². The highest BCUT2D eigenvalue weighted by Gasteiger charge is 2.29. The van der Waals surface area contributed by atoms with Gasteiger partial charge in [-0.3, -0.25) is 4.79 Å². The molecular weight excluding hydrogens is 368 g/mol. The predicted molar refractivity (Wildman–Crippen MR) is 93.0 cm³/mol. The fourth-order valence-electron chi connectivity index (χ4n) is 1.95. The molecule has 1 aliphatic carbocycles. The van der Waals surface area contributed by atoms with Gasteiger partial charge in [0.05, 0.1) is 10.6 Å². The quantitative estimate of drug-likeness (QED) is 0.662. The van der Waals surface area contributed by atoms with Gasteiger partial charge in [0.25, 0.3) is 5.91 Å². The Labute approximate surface area is 152 Å². The highest BCUT2D eigenvalue weighted by molar-refractivity contribution is 7.89. The van der Waals surface area contributed by atoms with Gasteiger partial charge in [-0.1, -0.05) is 18.5 Å². The van der Waals surface area contributed by atoms with Crippen molar-refractivity contribution >= 4 is 33.5 Å². The Kier molecular flexibility index (Phi) is 6.42. The number of benzene rings is 1. The number of hydrogen-bond donors (Lipinski definition) is 2. The Bertz CT molecular complexity index is 762. The second-order valence-electron chi connectivity index (χ2n) is 5.99. The number of rotatable bonds is 8. The largest absolute Gasteiger partial charge is 0.452 e. The summed E-state index contributed by atoms with van der Waals surface area (Å²) in [5.41, 5.74) is 0.0110. The van der Waals surface area contributed by atoms with Crippen LogP contribution in [0, 0.1) is 0 Å². The molecule has 0 unspecified atom stereocenters. The summed E-state index contributed by atoms with van der Waals surface area (Å²) < 4.78 is 32.0. The smallest absolute Gasteiger partial charge is 0.338 e.